The third-order valence-electron chi connectivity index (χ3n) is 2.02. The lowest BCUT2D eigenvalue weighted by Crippen LogP contribution is -2.44. The third-order valence-corrected chi connectivity index (χ3v) is 3.50. The van der Waals surface area contributed by atoms with E-state index in [0.29, 0.717) is 0 Å². The summed E-state index contributed by atoms with van der Waals surface area (Å²) in [6.07, 6.45) is 2.40. The number of rotatable bonds is 3. The Kier molecular flexibility index (Phi) is 3.69. The van der Waals surface area contributed by atoms with Gasteiger partial charge in [0.1, 0.15) is 0 Å². The lowest BCUT2D eigenvalue weighted by Gasteiger charge is -2.34. The molecule has 0 radical (unpaired) electrons. The first-order valence-corrected chi connectivity index (χ1v) is 5.13. The highest BCUT2D eigenvalue weighted by molar-refractivity contribution is 8.00. The van der Waals surface area contributed by atoms with E-state index in [1.54, 1.807) is 7.11 Å². The maximum absolute atomic E-state index is 5.06. The molecule has 0 amide bonds. The van der Waals surface area contributed by atoms with E-state index in [-0.39, 0.29) is 4.87 Å². The highest BCUT2D eigenvalue weighted by Crippen LogP contribution is 2.29. The summed E-state index contributed by atoms with van der Waals surface area (Å²) in [5, 5.41) is 3.51. The van der Waals surface area contributed by atoms with Crippen molar-refractivity contribution >= 4 is 11.8 Å². The zero-order valence-corrected chi connectivity index (χ0v) is 8.17. The fraction of sp³-hybridized carbons (Fsp3) is 1.00. The summed E-state index contributed by atoms with van der Waals surface area (Å²) in [4.78, 5) is 0.272. The molecule has 66 valence electrons. The second-order valence-electron chi connectivity index (χ2n) is 3.10. The Bertz CT molecular complexity index is 113. The van der Waals surface area contributed by atoms with Crippen molar-refractivity contribution in [3.63, 3.8) is 0 Å². The first-order chi connectivity index (χ1) is 5.27. The van der Waals surface area contributed by atoms with Crippen LogP contribution in [0.15, 0.2) is 0 Å². The van der Waals surface area contributed by atoms with Gasteiger partial charge in [0.25, 0.3) is 0 Å². The van der Waals surface area contributed by atoms with Gasteiger partial charge in [-0.1, -0.05) is 0 Å². The summed E-state index contributed by atoms with van der Waals surface area (Å²) in [6, 6.07) is 0. The summed E-state index contributed by atoms with van der Waals surface area (Å²) < 4.78 is 5.06. The van der Waals surface area contributed by atoms with Crippen LogP contribution in [-0.2, 0) is 4.74 Å². The molecule has 1 aliphatic heterocycles. The van der Waals surface area contributed by atoms with Gasteiger partial charge in [-0.2, -0.15) is 0 Å². The van der Waals surface area contributed by atoms with E-state index in [2.05, 4.69) is 12.2 Å². The second kappa shape index (κ2) is 4.33. The molecule has 1 fully saturated rings. The van der Waals surface area contributed by atoms with Gasteiger partial charge < -0.3 is 10.1 Å². The van der Waals surface area contributed by atoms with Gasteiger partial charge in [0.05, 0.1) is 4.87 Å². The molecule has 2 nitrogen and oxygen atoms in total. The minimum atomic E-state index is 0.272. The van der Waals surface area contributed by atoms with Crippen LogP contribution < -0.4 is 5.32 Å². The van der Waals surface area contributed by atoms with Crippen LogP contribution in [0.3, 0.4) is 0 Å². The highest BCUT2D eigenvalue weighted by Gasteiger charge is 2.25. The van der Waals surface area contributed by atoms with Crippen molar-refractivity contribution < 1.29 is 4.74 Å². The summed E-state index contributed by atoms with van der Waals surface area (Å²) in [5.74, 6) is 1.28. The van der Waals surface area contributed by atoms with Crippen molar-refractivity contribution in [1.29, 1.82) is 0 Å². The summed E-state index contributed by atoms with van der Waals surface area (Å²) in [7, 11) is 1.76. The van der Waals surface area contributed by atoms with Gasteiger partial charge >= 0.3 is 0 Å². The first kappa shape index (κ1) is 9.36. The van der Waals surface area contributed by atoms with E-state index in [1.165, 1.54) is 12.2 Å². The number of hydrogen-bond donors (Lipinski definition) is 1. The number of ether oxygens (including phenoxy) is 1. The molecule has 1 atom stereocenters. The summed E-state index contributed by atoms with van der Waals surface area (Å²) >= 11 is 2.01. The van der Waals surface area contributed by atoms with Crippen LogP contribution in [0.1, 0.15) is 19.8 Å². The average molecular weight is 175 g/mol. The van der Waals surface area contributed by atoms with Crippen LogP contribution in [-0.4, -0.2) is 30.9 Å². The number of hydrogen-bond acceptors (Lipinski definition) is 3. The normalized spacial score (nSPS) is 32.2. The van der Waals surface area contributed by atoms with Gasteiger partial charge in [-0.25, -0.2) is 0 Å². The summed E-state index contributed by atoms with van der Waals surface area (Å²) in [6.45, 7) is 4.28. The van der Waals surface area contributed by atoms with Crippen LogP contribution in [0, 0.1) is 0 Å². The van der Waals surface area contributed by atoms with Crippen molar-refractivity contribution in [3.8, 4) is 0 Å². The molecular weight excluding hydrogens is 158 g/mol. The molecule has 0 saturated carbocycles. The Balaban J connectivity index is 2.25. The fourth-order valence-electron chi connectivity index (χ4n) is 1.23. The molecule has 11 heavy (non-hydrogen) atoms. The number of nitrogens with one attached hydrogen (secondary N) is 1. The first-order valence-electron chi connectivity index (χ1n) is 4.15. The Hall–Kier alpha value is 0.270. The zero-order valence-electron chi connectivity index (χ0n) is 7.35. The predicted octanol–water partition coefficient (Wildman–Crippen LogP) is 1.47. The van der Waals surface area contributed by atoms with Crippen LogP contribution in [0.4, 0.5) is 0 Å². The van der Waals surface area contributed by atoms with E-state index in [1.807, 2.05) is 11.8 Å². The van der Waals surface area contributed by atoms with Crippen LogP contribution in [0.2, 0.25) is 0 Å². The van der Waals surface area contributed by atoms with Crippen LogP contribution >= 0.6 is 11.8 Å². The van der Waals surface area contributed by atoms with E-state index in [0.717, 1.165) is 19.6 Å². The van der Waals surface area contributed by atoms with Crippen molar-refractivity contribution in [2.75, 3.05) is 26.0 Å². The predicted molar refractivity (Wildman–Crippen MR) is 50.0 cm³/mol. The molecule has 0 bridgehead atoms. The third kappa shape index (κ3) is 3.01. The second-order valence-corrected chi connectivity index (χ2v) is 4.70. The number of thioether (sulfide) groups is 1. The van der Waals surface area contributed by atoms with Crippen molar-refractivity contribution in [3.05, 3.63) is 0 Å². The Morgan fingerprint density at radius 1 is 1.64 bits per heavy atom. The highest BCUT2D eigenvalue weighted by atomic mass is 32.2. The van der Waals surface area contributed by atoms with E-state index < -0.39 is 0 Å². The van der Waals surface area contributed by atoms with Gasteiger partial charge in [0, 0.05) is 13.7 Å². The summed E-state index contributed by atoms with van der Waals surface area (Å²) in [5.41, 5.74) is 0. The Labute approximate surface area is 73.1 Å². The molecule has 0 spiro atoms. The molecular formula is C8H17NOS. The van der Waals surface area contributed by atoms with Gasteiger partial charge in [-0.3, -0.25) is 0 Å². The number of methoxy groups -OCH3 is 1. The van der Waals surface area contributed by atoms with Crippen molar-refractivity contribution in [2.45, 2.75) is 24.6 Å². The minimum Gasteiger partial charge on any atom is -0.385 e. The van der Waals surface area contributed by atoms with E-state index in [4.69, 9.17) is 4.74 Å². The quantitative estimate of drug-likeness (QED) is 0.702. The molecule has 0 aromatic carbocycles. The monoisotopic (exact) mass is 175 g/mol. The van der Waals surface area contributed by atoms with Gasteiger partial charge in [-0.05, 0) is 32.1 Å². The lowest BCUT2D eigenvalue weighted by molar-refractivity contribution is 0.179. The average Bonchev–Trinajstić information content (AvgIpc) is 2.03. The minimum absolute atomic E-state index is 0.272. The largest absolute Gasteiger partial charge is 0.385 e. The fourth-order valence-corrected chi connectivity index (χ4v) is 2.40. The zero-order chi connectivity index (χ0) is 8.16. The molecule has 1 rings (SSSR count). The van der Waals surface area contributed by atoms with Crippen LogP contribution in [0.25, 0.3) is 0 Å². The molecule has 1 heterocycles. The van der Waals surface area contributed by atoms with Gasteiger partial charge in [-0.15, -0.1) is 11.8 Å². The molecule has 0 aromatic rings. The molecule has 1 unspecified atom stereocenters. The van der Waals surface area contributed by atoms with Crippen molar-refractivity contribution in [2.24, 2.45) is 0 Å². The molecule has 1 aliphatic rings. The Morgan fingerprint density at radius 3 is 3.00 bits per heavy atom. The van der Waals surface area contributed by atoms with E-state index in [9.17, 15) is 0 Å². The SMILES string of the molecule is COCCC1(C)NCCCS1. The van der Waals surface area contributed by atoms with Gasteiger partial charge in [0.2, 0.25) is 0 Å². The molecule has 0 aliphatic carbocycles. The molecule has 0 aromatic heterocycles. The van der Waals surface area contributed by atoms with Crippen molar-refractivity contribution in [1.82, 2.24) is 5.32 Å². The van der Waals surface area contributed by atoms with Gasteiger partial charge in [0.15, 0.2) is 0 Å². The molecule has 3 heteroatoms. The maximum atomic E-state index is 5.06. The van der Waals surface area contributed by atoms with E-state index >= 15 is 0 Å². The smallest absolute Gasteiger partial charge is 0.0638 e. The van der Waals surface area contributed by atoms with Crippen LogP contribution in [0.5, 0.6) is 0 Å². The lowest BCUT2D eigenvalue weighted by atomic mass is 10.2. The standard InChI is InChI=1S/C8H17NOS/c1-8(4-6-10-2)9-5-3-7-11-8/h9H,3-7H2,1-2H3. The molecule has 1 saturated heterocycles. The Morgan fingerprint density at radius 2 is 2.45 bits per heavy atom. The molecule has 1 N–H and O–H groups in total. The maximum Gasteiger partial charge on any atom is 0.0638 e. The topological polar surface area (TPSA) is 21.3 Å².